The van der Waals surface area contributed by atoms with E-state index in [2.05, 4.69) is 4.98 Å². The highest BCUT2D eigenvalue weighted by molar-refractivity contribution is 7.71. The van der Waals surface area contributed by atoms with Crippen LogP contribution in [-0.2, 0) is 22.9 Å². The number of aliphatic hydroxyl groups is 2. The van der Waals surface area contributed by atoms with E-state index in [1.807, 2.05) is 30.3 Å². The van der Waals surface area contributed by atoms with E-state index in [4.69, 9.17) is 33.3 Å². The van der Waals surface area contributed by atoms with Gasteiger partial charge in [-0.2, -0.15) is 0 Å². The summed E-state index contributed by atoms with van der Waals surface area (Å²) in [4.78, 5) is 13.8. The molecule has 3 N–H and O–H groups in total. The fourth-order valence-electron chi connectivity index (χ4n) is 3.39. The second-order valence-corrected chi connectivity index (χ2v) is 9.43. The lowest BCUT2D eigenvalue weighted by Gasteiger charge is -2.29. The van der Waals surface area contributed by atoms with Crippen molar-refractivity contribution in [1.29, 1.82) is 0 Å². The van der Waals surface area contributed by atoms with E-state index in [-0.39, 0.29) is 23.9 Å². The molecule has 4 rings (SSSR count). The lowest BCUT2D eigenvalue weighted by Crippen LogP contribution is -2.44. The van der Waals surface area contributed by atoms with Gasteiger partial charge in [-0.25, -0.2) is 4.57 Å². The zero-order valence-electron chi connectivity index (χ0n) is 18.4. The van der Waals surface area contributed by atoms with Gasteiger partial charge in [-0.15, -0.1) is 0 Å². The first-order chi connectivity index (χ1) is 15.4. The van der Waals surface area contributed by atoms with Crippen LogP contribution in [0.1, 0.15) is 27.4 Å². The number of aromatic amines is 1. The van der Waals surface area contributed by atoms with Gasteiger partial charge in [0.2, 0.25) is 0 Å². The molecule has 31 heavy (non-hydrogen) atoms. The Morgan fingerprint density at radius 3 is 2.68 bits per heavy atom. The topological polar surface area (TPSA) is 132 Å². The van der Waals surface area contributed by atoms with Crippen molar-refractivity contribution in [2.24, 2.45) is 0 Å². The predicted molar refractivity (Wildman–Crippen MR) is 111 cm³/mol. The molecule has 2 aliphatic heterocycles. The van der Waals surface area contributed by atoms with Crippen molar-refractivity contribution in [1.82, 2.24) is 9.55 Å². The van der Waals surface area contributed by atoms with Crippen LogP contribution in [0.3, 0.4) is 0 Å². The number of aliphatic hydroxyl groups excluding tert-OH is 1. The largest absolute Gasteiger partial charge is 0.474 e. The minimum atomic E-state index is -4.34. The van der Waals surface area contributed by atoms with Gasteiger partial charge in [0, 0.05) is 18.2 Å². The number of phosphoric ester groups is 1. The molecule has 12 heteroatoms. The molecule has 0 amide bonds. The SMILES string of the molecule is [2H]C([2H])(OP1(=O)OCC(c2ccccc2)CO1)[C@H]1O[C@@H](n2ccc(=O)[nH]c2=S)C(C)(O)[C@H]1O. The molecule has 0 aliphatic carbocycles. The van der Waals surface area contributed by atoms with Crippen LogP contribution >= 0.6 is 20.0 Å². The summed E-state index contributed by atoms with van der Waals surface area (Å²) >= 11 is 5.07. The van der Waals surface area contributed by atoms with E-state index in [1.54, 1.807) is 0 Å². The highest BCUT2D eigenvalue weighted by Crippen LogP contribution is 2.54. The van der Waals surface area contributed by atoms with Gasteiger partial charge >= 0.3 is 7.82 Å². The second-order valence-electron chi connectivity index (χ2n) is 7.45. The molecule has 0 saturated carbocycles. The van der Waals surface area contributed by atoms with E-state index < -0.39 is 44.0 Å². The van der Waals surface area contributed by atoms with E-state index in [1.165, 1.54) is 13.1 Å². The first kappa shape index (κ1) is 20.0. The lowest BCUT2D eigenvalue weighted by molar-refractivity contribution is -0.0980. The molecule has 1 unspecified atom stereocenters. The fraction of sp³-hybridized carbons (Fsp3) is 0.474. The summed E-state index contributed by atoms with van der Waals surface area (Å²) in [5.41, 5.74) is -1.63. The van der Waals surface area contributed by atoms with Crippen LogP contribution in [0.4, 0.5) is 0 Å². The summed E-state index contributed by atoms with van der Waals surface area (Å²) in [5.74, 6) is -0.219. The zero-order chi connectivity index (χ0) is 24.0. The minimum absolute atomic E-state index is 0.0294. The van der Waals surface area contributed by atoms with Crippen molar-refractivity contribution in [2.45, 2.75) is 36.9 Å². The number of aromatic nitrogens is 2. The molecule has 0 radical (unpaired) electrons. The van der Waals surface area contributed by atoms with Crippen LogP contribution in [0.2, 0.25) is 0 Å². The van der Waals surface area contributed by atoms with Crippen LogP contribution in [-0.4, -0.2) is 57.3 Å². The Balaban J connectivity index is 1.50. The molecule has 1 aromatic carbocycles. The monoisotopic (exact) mass is 472 g/mol. The Kier molecular flexibility index (Phi) is 5.59. The molecule has 2 aromatic rings. The van der Waals surface area contributed by atoms with Crippen LogP contribution in [0.25, 0.3) is 0 Å². The number of nitrogens with one attached hydrogen (secondary N) is 1. The average Bonchev–Trinajstić information content (AvgIpc) is 2.99. The number of benzene rings is 1. The smallest absolute Gasteiger partial charge is 0.387 e. The van der Waals surface area contributed by atoms with Crippen molar-refractivity contribution < 1.29 is 35.8 Å². The molecule has 2 aliphatic rings. The van der Waals surface area contributed by atoms with Gasteiger partial charge in [-0.05, 0) is 24.7 Å². The van der Waals surface area contributed by atoms with Crippen molar-refractivity contribution in [3.05, 3.63) is 63.3 Å². The van der Waals surface area contributed by atoms with Gasteiger partial charge in [0.05, 0.1) is 22.5 Å². The Hall–Kier alpha value is -1.69. The Bertz CT molecular complexity index is 1160. The molecular formula is C19H23N2O8PS. The van der Waals surface area contributed by atoms with Crippen molar-refractivity contribution >= 4 is 20.0 Å². The Morgan fingerprint density at radius 1 is 1.35 bits per heavy atom. The van der Waals surface area contributed by atoms with E-state index in [9.17, 15) is 19.6 Å². The van der Waals surface area contributed by atoms with Gasteiger partial charge in [-0.3, -0.25) is 27.9 Å². The van der Waals surface area contributed by atoms with Crippen LogP contribution in [0.15, 0.2) is 47.4 Å². The van der Waals surface area contributed by atoms with Crippen LogP contribution < -0.4 is 5.56 Å². The molecular weight excluding hydrogens is 447 g/mol. The van der Waals surface area contributed by atoms with E-state index in [0.29, 0.717) is 0 Å². The Morgan fingerprint density at radius 2 is 2.03 bits per heavy atom. The number of nitrogens with zero attached hydrogens (tertiary/aromatic N) is 1. The van der Waals surface area contributed by atoms with Gasteiger partial charge in [0.1, 0.15) is 17.8 Å². The zero-order valence-corrected chi connectivity index (χ0v) is 18.1. The van der Waals surface area contributed by atoms with Crippen LogP contribution in [0.5, 0.6) is 0 Å². The quantitative estimate of drug-likeness (QED) is 0.441. The molecule has 0 bridgehead atoms. The molecule has 10 nitrogen and oxygen atoms in total. The van der Waals surface area contributed by atoms with E-state index >= 15 is 0 Å². The second kappa shape index (κ2) is 8.68. The molecule has 168 valence electrons. The van der Waals surface area contributed by atoms with E-state index in [0.717, 1.165) is 16.2 Å². The highest BCUT2D eigenvalue weighted by atomic mass is 32.1. The molecule has 1 aromatic heterocycles. The number of H-pyrrole nitrogens is 1. The Labute approximate surface area is 185 Å². The third-order valence-electron chi connectivity index (χ3n) is 5.18. The number of ether oxygens (including phenoxy) is 1. The van der Waals surface area contributed by atoms with Gasteiger partial charge < -0.3 is 14.9 Å². The number of hydrogen-bond acceptors (Lipinski definition) is 9. The molecule has 2 saturated heterocycles. The maximum Gasteiger partial charge on any atom is 0.474 e. The van der Waals surface area contributed by atoms with Gasteiger partial charge in [-0.1, -0.05) is 30.3 Å². The first-order valence-electron chi connectivity index (χ1n) is 10.5. The predicted octanol–water partition coefficient (Wildman–Crippen LogP) is 1.87. The third kappa shape index (κ3) is 4.59. The molecule has 2 fully saturated rings. The normalized spacial score (nSPS) is 37.3. The van der Waals surface area contributed by atoms with Gasteiger partial charge in [0.15, 0.2) is 11.0 Å². The lowest BCUT2D eigenvalue weighted by atomic mass is 9.96. The summed E-state index contributed by atoms with van der Waals surface area (Å²) in [6.07, 6.45) is -3.75. The summed E-state index contributed by atoms with van der Waals surface area (Å²) in [5, 5.41) is 21.5. The summed E-state index contributed by atoms with van der Waals surface area (Å²) in [6, 6.07) is 10.4. The summed E-state index contributed by atoms with van der Waals surface area (Å²) in [6.45, 7) is -1.74. The maximum atomic E-state index is 12.9. The van der Waals surface area contributed by atoms with Gasteiger partial charge in [0.25, 0.3) is 5.56 Å². The van der Waals surface area contributed by atoms with Crippen molar-refractivity contribution in [3.63, 3.8) is 0 Å². The standard InChI is InChI=1S/C19H23N2O8PS/c1-19(24)16(23)14(29-17(19)21-8-7-15(22)20-18(21)31)11-28-30(25)26-9-13(10-27-30)12-5-3-2-4-6-12/h2-8,13-14,16-17,23-24H,9-11H2,1H3,(H,20,22,31)/t13?,14-,16+,17-,19?,30?/m1/s1/i11D2. The highest BCUT2D eigenvalue weighted by Gasteiger charge is 2.54. The van der Waals surface area contributed by atoms with Crippen LogP contribution in [0, 0.1) is 4.77 Å². The number of phosphoric acid groups is 1. The molecule has 4 atom stereocenters. The molecule has 0 spiro atoms. The van der Waals surface area contributed by atoms with Crippen molar-refractivity contribution in [2.75, 3.05) is 19.8 Å². The number of hydrogen-bond donors (Lipinski definition) is 3. The fourth-order valence-corrected chi connectivity index (χ4v) is 4.78. The molecule has 3 heterocycles. The minimum Gasteiger partial charge on any atom is -0.387 e. The average molecular weight is 472 g/mol. The number of rotatable bonds is 5. The van der Waals surface area contributed by atoms with Crippen molar-refractivity contribution in [3.8, 4) is 0 Å². The maximum absolute atomic E-state index is 12.9. The third-order valence-corrected chi connectivity index (χ3v) is 6.76. The summed E-state index contributed by atoms with van der Waals surface area (Å²) in [7, 11) is -4.34. The first-order valence-corrected chi connectivity index (χ1v) is 11.3. The summed E-state index contributed by atoms with van der Waals surface area (Å²) < 4.78 is 51.7.